The summed E-state index contributed by atoms with van der Waals surface area (Å²) in [6.45, 7) is 4.19. The summed E-state index contributed by atoms with van der Waals surface area (Å²) in [5.74, 6) is 0.723. The minimum absolute atomic E-state index is 0.342. The summed E-state index contributed by atoms with van der Waals surface area (Å²) in [6.07, 6.45) is -0.401. The van der Waals surface area contributed by atoms with Gasteiger partial charge in [0.1, 0.15) is 5.84 Å². The number of nitrogens with zero attached hydrogens (tertiary/aromatic N) is 3. The summed E-state index contributed by atoms with van der Waals surface area (Å²) in [4.78, 5) is 9.67. The quantitative estimate of drug-likeness (QED) is 0.238. The Kier molecular flexibility index (Phi) is 5.31. The lowest BCUT2D eigenvalue weighted by Crippen LogP contribution is -2.32. The predicted molar refractivity (Wildman–Crippen MR) is 160 cm³/mol. The number of halogens is 1. The first-order valence-corrected chi connectivity index (χ1v) is 13.1. The van der Waals surface area contributed by atoms with Crippen molar-refractivity contribution < 1.29 is 0 Å². The summed E-state index contributed by atoms with van der Waals surface area (Å²) in [6, 6.07) is 36.4. The van der Waals surface area contributed by atoms with E-state index in [2.05, 4.69) is 132 Å². The summed E-state index contributed by atoms with van der Waals surface area (Å²) >= 11 is 6.56. The maximum Gasteiger partial charge on any atom is 0.199 e. The number of hydrogen-bond donors (Lipinski definition) is 1. The third-order valence-electron chi connectivity index (χ3n) is 7.19. The molecule has 1 aliphatic rings. The van der Waals surface area contributed by atoms with Crippen molar-refractivity contribution in [3.05, 3.63) is 125 Å². The Morgan fingerprint density at radius 3 is 2.29 bits per heavy atom. The van der Waals surface area contributed by atoms with Crippen LogP contribution in [0.3, 0.4) is 0 Å². The maximum atomic E-state index is 6.56. The average molecular weight is 513 g/mol. The van der Waals surface area contributed by atoms with E-state index in [4.69, 9.17) is 16.6 Å². The van der Waals surface area contributed by atoms with Crippen LogP contribution in [0.1, 0.15) is 28.4 Å². The van der Waals surface area contributed by atoms with Crippen LogP contribution in [0.25, 0.3) is 38.3 Å². The number of aryl methyl sites for hydroxylation is 2. The first-order valence-electron chi connectivity index (χ1n) is 12.7. The van der Waals surface area contributed by atoms with Crippen molar-refractivity contribution >= 4 is 55.3 Å². The van der Waals surface area contributed by atoms with Gasteiger partial charge in [-0.3, -0.25) is 0 Å². The number of aromatic nitrogens is 1. The standard InChI is InChI=1S/C33H25ClN4/c1-20-16-21(2)18-24(17-20)31-35-32(37-33(34)36-31)27-11-7-13-29-30(27)26-10-5-6-12-28(26)38(29)25-15-14-22-8-3-4-9-23(22)19-25/h3-19,31H,1-2H3,(H,35,36,37). The molecule has 0 spiro atoms. The summed E-state index contributed by atoms with van der Waals surface area (Å²) in [5.41, 5.74) is 7.78. The number of amidine groups is 2. The average Bonchev–Trinajstić information content (AvgIpc) is 3.26. The molecule has 1 aromatic heterocycles. The fraction of sp³-hybridized carbons (Fsp3) is 0.0909. The number of para-hydroxylation sites is 1. The van der Waals surface area contributed by atoms with Crippen LogP contribution in [0.2, 0.25) is 0 Å². The van der Waals surface area contributed by atoms with Gasteiger partial charge >= 0.3 is 0 Å². The Bertz CT molecular complexity index is 1930. The molecule has 0 saturated heterocycles. The van der Waals surface area contributed by atoms with Gasteiger partial charge in [-0.15, -0.1) is 0 Å². The number of nitrogens with one attached hydrogen (secondary N) is 1. The molecule has 1 aliphatic heterocycles. The van der Waals surface area contributed by atoms with Crippen LogP contribution in [0.5, 0.6) is 0 Å². The van der Waals surface area contributed by atoms with E-state index in [0.29, 0.717) is 5.29 Å². The molecule has 2 heterocycles. The van der Waals surface area contributed by atoms with Crippen LogP contribution < -0.4 is 5.32 Å². The highest BCUT2D eigenvalue weighted by Crippen LogP contribution is 2.36. The Morgan fingerprint density at radius 2 is 1.45 bits per heavy atom. The highest BCUT2D eigenvalue weighted by Gasteiger charge is 2.23. The number of aliphatic imine (C=N–C) groups is 2. The van der Waals surface area contributed by atoms with Gasteiger partial charge in [0.15, 0.2) is 11.5 Å². The lowest BCUT2D eigenvalue weighted by atomic mass is 10.0. The second kappa shape index (κ2) is 8.86. The van der Waals surface area contributed by atoms with Gasteiger partial charge in [-0.25, -0.2) is 9.98 Å². The number of benzene rings is 5. The zero-order valence-electron chi connectivity index (χ0n) is 21.1. The van der Waals surface area contributed by atoms with Gasteiger partial charge in [0.2, 0.25) is 0 Å². The van der Waals surface area contributed by atoms with Gasteiger partial charge in [-0.1, -0.05) is 90.0 Å². The Hall–Kier alpha value is -4.41. The molecule has 4 nitrogen and oxygen atoms in total. The molecule has 7 rings (SSSR count). The Balaban J connectivity index is 1.46. The molecule has 0 saturated carbocycles. The molecule has 5 aromatic carbocycles. The molecular weight excluding hydrogens is 488 g/mol. The fourth-order valence-corrected chi connectivity index (χ4v) is 5.86. The van der Waals surface area contributed by atoms with Crippen LogP contribution in [-0.2, 0) is 0 Å². The van der Waals surface area contributed by atoms with Crippen molar-refractivity contribution in [1.82, 2.24) is 9.88 Å². The largest absolute Gasteiger partial charge is 0.315 e. The summed E-state index contributed by atoms with van der Waals surface area (Å²) in [7, 11) is 0. The van der Waals surface area contributed by atoms with E-state index in [0.717, 1.165) is 44.5 Å². The molecule has 0 amide bonds. The normalized spacial score (nSPS) is 15.5. The van der Waals surface area contributed by atoms with Crippen LogP contribution in [0.4, 0.5) is 0 Å². The second-order valence-electron chi connectivity index (χ2n) is 9.90. The Morgan fingerprint density at radius 1 is 0.711 bits per heavy atom. The van der Waals surface area contributed by atoms with Crippen LogP contribution in [-0.4, -0.2) is 15.7 Å². The zero-order valence-corrected chi connectivity index (χ0v) is 21.9. The van der Waals surface area contributed by atoms with Gasteiger partial charge in [0.25, 0.3) is 0 Å². The number of fused-ring (bicyclic) bond motifs is 4. The van der Waals surface area contributed by atoms with Crippen molar-refractivity contribution in [2.75, 3.05) is 0 Å². The third kappa shape index (κ3) is 3.77. The second-order valence-corrected chi connectivity index (χ2v) is 10.3. The van der Waals surface area contributed by atoms with E-state index in [1.165, 1.54) is 21.9 Å². The van der Waals surface area contributed by atoms with Crippen LogP contribution in [0, 0.1) is 13.8 Å². The van der Waals surface area contributed by atoms with Gasteiger partial charge in [0.05, 0.1) is 11.0 Å². The van der Waals surface area contributed by atoms with Gasteiger partial charge in [-0.2, -0.15) is 0 Å². The first-order chi connectivity index (χ1) is 18.5. The van der Waals surface area contributed by atoms with E-state index < -0.39 is 6.17 Å². The monoisotopic (exact) mass is 512 g/mol. The minimum Gasteiger partial charge on any atom is -0.315 e. The van der Waals surface area contributed by atoms with E-state index in [1.54, 1.807) is 0 Å². The highest BCUT2D eigenvalue weighted by atomic mass is 35.5. The van der Waals surface area contributed by atoms with Crippen LogP contribution in [0.15, 0.2) is 113 Å². The van der Waals surface area contributed by atoms with Crippen molar-refractivity contribution in [1.29, 1.82) is 0 Å². The highest BCUT2D eigenvalue weighted by molar-refractivity contribution is 6.66. The molecule has 1 atom stereocenters. The molecule has 1 unspecified atom stereocenters. The summed E-state index contributed by atoms with van der Waals surface area (Å²) < 4.78 is 2.33. The van der Waals surface area contributed by atoms with Crippen LogP contribution >= 0.6 is 11.6 Å². The summed E-state index contributed by atoms with van der Waals surface area (Å²) in [5, 5.41) is 8.33. The minimum atomic E-state index is -0.401. The molecule has 5 heteroatoms. The molecule has 0 fully saturated rings. The van der Waals surface area contributed by atoms with Crippen molar-refractivity contribution in [3.63, 3.8) is 0 Å². The SMILES string of the molecule is Cc1cc(C)cc(C2N=C(Cl)NC(c3cccc4c3c3ccccc3n4-c3ccc4ccccc4c3)=N2)c1. The fourth-order valence-electron chi connectivity index (χ4n) is 5.68. The van der Waals surface area contributed by atoms with Crippen molar-refractivity contribution in [2.24, 2.45) is 9.98 Å². The third-order valence-corrected chi connectivity index (χ3v) is 7.39. The van der Waals surface area contributed by atoms with Gasteiger partial charge in [-0.05, 0) is 66.0 Å². The molecule has 0 bridgehead atoms. The van der Waals surface area contributed by atoms with Crippen molar-refractivity contribution in [2.45, 2.75) is 20.0 Å². The number of hydrogen-bond acceptors (Lipinski definition) is 3. The number of rotatable bonds is 3. The van der Waals surface area contributed by atoms with Crippen molar-refractivity contribution in [3.8, 4) is 5.69 Å². The Labute approximate surface area is 225 Å². The molecule has 0 aliphatic carbocycles. The zero-order chi connectivity index (χ0) is 25.8. The smallest absolute Gasteiger partial charge is 0.199 e. The van der Waals surface area contributed by atoms with E-state index in [1.807, 2.05) is 0 Å². The van der Waals surface area contributed by atoms with Gasteiger partial charge < -0.3 is 9.88 Å². The molecule has 1 N–H and O–H groups in total. The molecule has 184 valence electrons. The first kappa shape index (κ1) is 22.8. The molecular formula is C33H25ClN4. The van der Waals surface area contributed by atoms with E-state index >= 15 is 0 Å². The lowest BCUT2D eigenvalue weighted by Gasteiger charge is -2.20. The molecule has 0 radical (unpaired) electrons. The topological polar surface area (TPSA) is 41.7 Å². The maximum absolute atomic E-state index is 6.56. The molecule has 38 heavy (non-hydrogen) atoms. The van der Waals surface area contributed by atoms with E-state index in [-0.39, 0.29) is 0 Å². The lowest BCUT2D eigenvalue weighted by molar-refractivity contribution is 0.758. The van der Waals surface area contributed by atoms with E-state index in [9.17, 15) is 0 Å². The van der Waals surface area contributed by atoms with Gasteiger partial charge in [0, 0.05) is 22.0 Å². The predicted octanol–water partition coefficient (Wildman–Crippen LogP) is 8.20. The molecule has 6 aromatic rings.